The minimum Gasteiger partial charge on any atom is -0.491 e. The van der Waals surface area contributed by atoms with Crippen LogP contribution < -0.4 is 9.46 Å². The average Bonchev–Trinajstić information content (AvgIpc) is 3.32. The lowest BCUT2D eigenvalue weighted by atomic mass is 9.99. The molecule has 1 N–H and O–H groups in total. The Kier molecular flexibility index (Phi) is 9.23. The summed E-state index contributed by atoms with van der Waals surface area (Å²) < 4.78 is 38.7. The van der Waals surface area contributed by atoms with Crippen molar-refractivity contribution in [1.29, 1.82) is 0 Å². The molecule has 8 nitrogen and oxygen atoms in total. The predicted octanol–water partition coefficient (Wildman–Crippen LogP) is 3.44. The number of nitrogens with one attached hydrogen (secondary N) is 1. The molecule has 0 radical (unpaired) electrons. The van der Waals surface area contributed by atoms with Gasteiger partial charge in [-0.25, -0.2) is 8.42 Å². The van der Waals surface area contributed by atoms with E-state index in [1.807, 2.05) is 0 Å². The maximum Gasteiger partial charge on any atom is 0.257 e. The second-order valence-electron chi connectivity index (χ2n) is 9.92. The van der Waals surface area contributed by atoms with Crippen LogP contribution in [0, 0.1) is 11.8 Å². The molecule has 34 heavy (non-hydrogen) atoms. The number of benzene rings is 1. The van der Waals surface area contributed by atoms with Gasteiger partial charge in [0.05, 0.1) is 17.4 Å². The fourth-order valence-electron chi connectivity index (χ4n) is 4.95. The number of methoxy groups -OCH3 is 1. The van der Waals surface area contributed by atoms with Crippen molar-refractivity contribution in [2.45, 2.75) is 58.6 Å². The quantitative estimate of drug-likeness (QED) is 0.650. The van der Waals surface area contributed by atoms with E-state index in [-0.39, 0.29) is 29.7 Å². The topological polar surface area (TPSA) is 88.2 Å². The summed E-state index contributed by atoms with van der Waals surface area (Å²) in [5.74, 6) is 1.14. The molecule has 3 rings (SSSR count). The van der Waals surface area contributed by atoms with E-state index in [4.69, 9.17) is 9.47 Å². The summed E-state index contributed by atoms with van der Waals surface area (Å²) in [6.07, 6.45) is 5.07. The van der Waals surface area contributed by atoms with E-state index < -0.39 is 10.0 Å². The molecule has 1 aromatic carbocycles. The van der Waals surface area contributed by atoms with Crippen LogP contribution in [0.4, 0.5) is 5.69 Å². The van der Waals surface area contributed by atoms with Crippen LogP contribution in [0.3, 0.4) is 0 Å². The molecule has 0 bridgehead atoms. The van der Waals surface area contributed by atoms with E-state index in [2.05, 4.69) is 23.5 Å². The molecule has 2 aliphatic rings. The highest BCUT2D eigenvalue weighted by molar-refractivity contribution is 7.92. The molecule has 0 saturated heterocycles. The van der Waals surface area contributed by atoms with E-state index in [0.29, 0.717) is 36.1 Å². The standard InChI is InChI=1S/C25H41N3O5S/c1-6-34(30,31)26-21-11-12-23-22(13-21)25(29)27(4)16-24(32-5)18(2)14-28(19(3)17-33-23)15-20-9-7-8-10-20/h11-13,18-20,24,26H,6-10,14-17H2,1-5H3/t18-,19+,24-/m0/s1. The molecule has 9 heteroatoms. The van der Waals surface area contributed by atoms with Crippen molar-refractivity contribution in [3.05, 3.63) is 23.8 Å². The number of nitrogens with zero attached hydrogens (tertiary/aromatic N) is 2. The number of hydrogen-bond acceptors (Lipinski definition) is 6. The smallest absolute Gasteiger partial charge is 0.257 e. The summed E-state index contributed by atoms with van der Waals surface area (Å²) in [7, 11) is -0.0126. The van der Waals surface area contributed by atoms with Crippen molar-refractivity contribution in [1.82, 2.24) is 9.80 Å². The number of likely N-dealkylation sites (N-methyl/N-ethyl adjacent to an activating group) is 1. The first-order valence-electron chi connectivity index (χ1n) is 12.4. The van der Waals surface area contributed by atoms with Crippen LogP contribution in [0.5, 0.6) is 5.75 Å². The van der Waals surface area contributed by atoms with Crippen LogP contribution in [-0.2, 0) is 14.8 Å². The second-order valence-corrected chi connectivity index (χ2v) is 11.9. The Labute approximate surface area is 205 Å². The molecule has 192 valence electrons. The number of carbonyl (C=O) groups is 1. The van der Waals surface area contributed by atoms with Crippen molar-refractivity contribution in [2.75, 3.05) is 50.9 Å². The lowest BCUT2D eigenvalue weighted by Crippen LogP contribution is -2.47. The zero-order valence-corrected chi connectivity index (χ0v) is 22.1. The molecule has 1 amide bonds. The van der Waals surface area contributed by atoms with Gasteiger partial charge in [-0.1, -0.05) is 19.8 Å². The zero-order chi connectivity index (χ0) is 24.9. The number of amides is 1. The average molecular weight is 496 g/mol. The van der Waals surface area contributed by atoms with Crippen molar-refractivity contribution in [3.8, 4) is 5.75 Å². The lowest BCUT2D eigenvalue weighted by molar-refractivity contribution is 0.00814. The summed E-state index contributed by atoms with van der Waals surface area (Å²) in [6.45, 7) is 8.74. The van der Waals surface area contributed by atoms with Gasteiger partial charge in [-0.15, -0.1) is 0 Å². The van der Waals surface area contributed by atoms with Crippen LogP contribution in [0.15, 0.2) is 18.2 Å². The monoisotopic (exact) mass is 495 g/mol. The Morgan fingerprint density at radius 3 is 2.53 bits per heavy atom. The van der Waals surface area contributed by atoms with Gasteiger partial charge >= 0.3 is 0 Å². The van der Waals surface area contributed by atoms with Gasteiger partial charge in [0.25, 0.3) is 5.91 Å². The number of carbonyl (C=O) groups excluding carboxylic acids is 1. The molecule has 1 fully saturated rings. The first-order valence-corrected chi connectivity index (χ1v) is 14.1. The van der Waals surface area contributed by atoms with Crippen LogP contribution in [0.25, 0.3) is 0 Å². The molecule has 1 aromatic rings. The van der Waals surface area contributed by atoms with Gasteiger partial charge in [-0.05, 0) is 56.7 Å². The van der Waals surface area contributed by atoms with E-state index >= 15 is 0 Å². The molecular weight excluding hydrogens is 454 g/mol. The highest BCUT2D eigenvalue weighted by Crippen LogP contribution is 2.29. The van der Waals surface area contributed by atoms with Gasteiger partial charge < -0.3 is 14.4 Å². The molecule has 3 atom stereocenters. The second kappa shape index (κ2) is 11.7. The third kappa shape index (κ3) is 6.86. The Hall–Kier alpha value is -1.84. The Morgan fingerprint density at radius 2 is 1.88 bits per heavy atom. The van der Waals surface area contributed by atoms with Crippen LogP contribution in [0.2, 0.25) is 0 Å². The molecule has 0 aromatic heterocycles. The normalized spacial score (nSPS) is 25.9. The minimum absolute atomic E-state index is 0.0455. The number of rotatable bonds is 6. The highest BCUT2D eigenvalue weighted by Gasteiger charge is 2.30. The number of sulfonamides is 1. The highest BCUT2D eigenvalue weighted by atomic mass is 32.2. The van der Waals surface area contributed by atoms with Gasteiger partial charge in [0.1, 0.15) is 12.4 Å². The summed E-state index contributed by atoms with van der Waals surface area (Å²) in [5.41, 5.74) is 0.696. The van der Waals surface area contributed by atoms with Crippen molar-refractivity contribution in [2.24, 2.45) is 11.8 Å². The van der Waals surface area contributed by atoms with Crippen molar-refractivity contribution < 1.29 is 22.7 Å². The molecule has 1 saturated carbocycles. The van der Waals surface area contributed by atoms with Gasteiger partial charge in [-0.3, -0.25) is 14.4 Å². The first-order chi connectivity index (χ1) is 16.1. The molecule has 0 spiro atoms. The predicted molar refractivity (Wildman–Crippen MR) is 135 cm³/mol. The fourth-order valence-corrected chi connectivity index (χ4v) is 5.58. The number of fused-ring (bicyclic) bond motifs is 1. The number of anilines is 1. The van der Waals surface area contributed by atoms with Gasteiger partial charge in [0.2, 0.25) is 10.0 Å². The SMILES string of the molecule is CCS(=O)(=O)Nc1ccc2c(c1)C(=O)N(C)C[C@H](OC)[C@@H](C)CN(CC1CCCC1)[C@H](C)CO2. The van der Waals surface area contributed by atoms with Crippen molar-refractivity contribution >= 4 is 21.6 Å². The van der Waals surface area contributed by atoms with Crippen LogP contribution >= 0.6 is 0 Å². The third-order valence-corrected chi connectivity index (χ3v) is 8.50. The van der Waals surface area contributed by atoms with Crippen LogP contribution in [-0.4, -0.2) is 82.4 Å². The van der Waals surface area contributed by atoms with Crippen molar-refractivity contribution in [3.63, 3.8) is 0 Å². The number of hydrogen-bond donors (Lipinski definition) is 1. The third-order valence-electron chi connectivity index (χ3n) is 7.19. The van der Waals surface area contributed by atoms with Crippen LogP contribution in [0.1, 0.15) is 56.8 Å². The van der Waals surface area contributed by atoms with E-state index in [1.165, 1.54) is 25.7 Å². The molecule has 1 aliphatic heterocycles. The van der Waals surface area contributed by atoms with E-state index in [0.717, 1.165) is 13.1 Å². The maximum absolute atomic E-state index is 13.4. The first kappa shape index (κ1) is 26.8. The molecule has 1 aliphatic carbocycles. The largest absolute Gasteiger partial charge is 0.491 e. The number of ether oxygens (including phenoxy) is 2. The Morgan fingerprint density at radius 1 is 1.18 bits per heavy atom. The summed E-state index contributed by atoms with van der Waals surface area (Å²) in [4.78, 5) is 17.5. The maximum atomic E-state index is 13.4. The molecular formula is C25H41N3O5S. The van der Waals surface area contributed by atoms with Gasteiger partial charge in [-0.2, -0.15) is 0 Å². The molecule has 0 unspecified atom stereocenters. The Bertz CT molecular complexity index is 932. The Balaban J connectivity index is 1.92. The summed E-state index contributed by atoms with van der Waals surface area (Å²) in [5, 5.41) is 0. The zero-order valence-electron chi connectivity index (χ0n) is 21.2. The minimum atomic E-state index is -3.46. The van der Waals surface area contributed by atoms with Gasteiger partial charge in [0, 0.05) is 45.5 Å². The van der Waals surface area contributed by atoms with E-state index in [9.17, 15) is 13.2 Å². The summed E-state index contributed by atoms with van der Waals surface area (Å²) in [6, 6.07) is 5.06. The summed E-state index contributed by atoms with van der Waals surface area (Å²) >= 11 is 0. The lowest BCUT2D eigenvalue weighted by Gasteiger charge is -2.37. The van der Waals surface area contributed by atoms with Gasteiger partial charge in [0.15, 0.2) is 0 Å². The fraction of sp³-hybridized carbons (Fsp3) is 0.720. The van der Waals surface area contributed by atoms with E-state index in [1.54, 1.807) is 44.2 Å². The molecule has 1 heterocycles.